The maximum Gasteiger partial charge on any atom is 0.222 e. The summed E-state index contributed by atoms with van der Waals surface area (Å²) in [5.41, 5.74) is 9.44. The first-order chi connectivity index (χ1) is 10.0. The molecular weight excluding hydrogens is 262 g/mol. The number of anilines is 1. The van der Waals surface area contributed by atoms with Gasteiger partial charge in [-0.15, -0.1) is 0 Å². The molecule has 4 nitrogen and oxygen atoms in total. The highest BCUT2D eigenvalue weighted by atomic mass is 16.2. The highest BCUT2D eigenvalue weighted by Crippen LogP contribution is 2.10. The van der Waals surface area contributed by atoms with Crippen molar-refractivity contribution in [2.75, 3.05) is 12.8 Å². The molecule has 0 atom stereocenters. The highest BCUT2D eigenvalue weighted by molar-refractivity contribution is 5.76. The number of amides is 1. The molecule has 4 heteroatoms. The Morgan fingerprint density at radius 2 is 2.00 bits per heavy atom. The lowest BCUT2D eigenvalue weighted by Crippen LogP contribution is -2.26. The van der Waals surface area contributed by atoms with Gasteiger partial charge in [0, 0.05) is 24.8 Å². The Labute approximate surface area is 125 Å². The van der Waals surface area contributed by atoms with Gasteiger partial charge in [-0.05, 0) is 43.2 Å². The zero-order valence-electron chi connectivity index (χ0n) is 12.5. The second kappa shape index (κ2) is 6.88. The first-order valence-electron chi connectivity index (χ1n) is 7.05. The molecule has 0 aliphatic heterocycles. The summed E-state index contributed by atoms with van der Waals surface area (Å²) in [7, 11) is 1.81. The molecule has 2 rings (SSSR count). The van der Waals surface area contributed by atoms with E-state index in [9.17, 15) is 4.79 Å². The zero-order chi connectivity index (χ0) is 15.2. The normalized spacial score (nSPS) is 10.4. The molecule has 0 bridgehead atoms. The molecule has 0 radical (unpaired) electrons. The van der Waals surface area contributed by atoms with Gasteiger partial charge in [-0.3, -0.25) is 9.78 Å². The van der Waals surface area contributed by atoms with Crippen LogP contribution in [0.5, 0.6) is 0 Å². The van der Waals surface area contributed by atoms with Crippen LogP contribution in [0.2, 0.25) is 0 Å². The van der Waals surface area contributed by atoms with Crippen LogP contribution in [0.25, 0.3) is 0 Å². The Hall–Kier alpha value is -2.36. The number of pyridine rings is 1. The molecule has 0 saturated carbocycles. The second-order valence-electron chi connectivity index (χ2n) is 5.27. The number of nitrogens with zero attached hydrogens (tertiary/aromatic N) is 2. The van der Waals surface area contributed by atoms with Crippen LogP contribution >= 0.6 is 0 Å². The Morgan fingerprint density at radius 1 is 1.24 bits per heavy atom. The van der Waals surface area contributed by atoms with Crippen LogP contribution in [-0.2, 0) is 17.8 Å². The summed E-state index contributed by atoms with van der Waals surface area (Å²) in [5, 5.41) is 0. The van der Waals surface area contributed by atoms with Gasteiger partial charge >= 0.3 is 0 Å². The molecule has 0 aliphatic rings. The van der Waals surface area contributed by atoms with Crippen molar-refractivity contribution >= 4 is 11.6 Å². The molecule has 2 aromatic rings. The van der Waals surface area contributed by atoms with Gasteiger partial charge < -0.3 is 10.6 Å². The van der Waals surface area contributed by atoms with Gasteiger partial charge in [-0.1, -0.05) is 18.2 Å². The van der Waals surface area contributed by atoms with Crippen molar-refractivity contribution in [3.63, 3.8) is 0 Å². The molecule has 21 heavy (non-hydrogen) atoms. The number of carbonyl (C=O) groups is 1. The van der Waals surface area contributed by atoms with Gasteiger partial charge in [-0.2, -0.15) is 0 Å². The minimum Gasteiger partial charge on any atom is -0.399 e. The van der Waals surface area contributed by atoms with Gasteiger partial charge in [0.1, 0.15) is 0 Å². The summed E-state index contributed by atoms with van der Waals surface area (Å²) in [6.45, 7) is 2.49. The summed E-state index contributed by atoms with van der Waals surface area (Å²) in [6, 6.07) is 13.5. The average Bonchev–Trinajstić information content (AvgIpc) is 2.45. The van der Waals surface area contributed by atoms with Crippen molar-refractivity contribution in [1.29, 1.82) is 0 Å². The standard InChI is InChI=1S/C17H21N3O/c1-13-5-3-8-16(19-13)12-20(2)17(21)10-9-14-6-4-7-15(18)11-14/h3-8,11H,9-10,12,18H2,1-2H3. The van der Waals surface area contributed by atoms with Crippen LogP contribution in [0, 0.1) is 6.92 Å². The molecule has 1 aromatic carbocycles. The number of rotatable bonds is 5. The van der Waals surface area contributed by atoms with Crippen LogP contribution in [0.15, 0.2) is 42.5 Å². The fourth-order valence-corrected chi connectivity index (χ4v) is 2.21. The first kappa shape index (κ1) is 15.0. The summed E-state index contributed by atoms with van der Waals surface area (Å²) >= 11 is 0. The summed E-state index contributed by atoms with van der Waals surface area (Å²) in [4.78, 5) is 18.3. The molecule has 1 heterocycles. The number of hydrogen-bond acceptors (Lipinski definition) is 3. The predicted molar refractivity (Wildman–Crippen MR) is 84.6 cm³/mol. The SMILES string of the molecule is Cc1cccc(CN(C)C(=O)CCc2cccc(N)c2)n1. The number of aromatic nitrogens is 1. The Kier molecular flexibility index (Phi) is 4.93. The zero-order valence-corrected chi connectivity index (χ0v) is 12.5. The topological polar surface area (TPSA) is 59.2 Å². The molecule has 0 unspecified atom stereocenters. The minimum atomic E-state index is 0.112. The van der Waals surface area contributed by atoms with Crippen molar-refractivity contribution in [1.82, 2.24) is 9.88 Å². The van der Waals surface area contributed by atoms with Crippen LogP contribution in [0.3, 0.4) is 0 Å². The molecule has 2 N–H and O–H groups in total. The van der Waals surface area contributed by atoms with E-state index < -0.39 is 0 Å². The smallest absolute Gasteiger partial charge is 0.222 e. The van der Waals surface area contributed by atoms with Crippen LogP contribution in [-0.4, -0.2) is 22.8 Å². The Balaban J connectivity index is 1.88. The van der Waals surface area contributed by atoms with Crippen LogP contribution in [0.4, 0.5) is 5.69 Å². The van der Waals surface area contributed by atoms with Gasteiger partial charge in [0.05, 0.1) is 12.2 Å². The quantitative estimate of drug-likeness (QED) is 0.858. The van der Waals surface area contributed by atoms with E-state index in [1.165, 1.54) is 0 Å². The second-order valence-corrected chi connectivity index (χ2v) is 5.27. The lowest BCUT2D eigenvalue weighted by atomic mass is 10.1. The molecule has 1 aromatic heterocycles. The monoisotopic (exact) mass is 283 g/mol. The number of aryl methyl sites for hydroxylation is 2. The molecule has 110 valence electrons. The molecule has 1 amide bonds. The van der Waals surface area contributed by atoms with E-state index >= 15 is 0 Å². The van der Waals surface area contributed by atoms with Crippen molar-refractivity contribution < 1.29 is 4.79 Å². The third-order valence-electron chi connectivity index (χ3n) is 3.35. The fraction of sp³-hybridized carbons (Fsp3) is 0.294. The van der Waals surface area contributed by atoms with Gasteiger partial charge in [0.15, 0.2) is 0 Å². The van der Waals surface area contributed by atoms with Gasteiger partial charge in [-0.25, -0.2) is 0 Å². The van der Waals surface area contributed by atoms with E-state index in [2.05, 4.69) is 4.98 Å². The summed E-state index contributed by atoms with van der Waals surface area (Å²) < 4.78 is 0. The Bertz CT molecular complexity index is 625. The lowest BCUT2D eigenvalue weighted by molar-refractivity contribution is -0.130. The molecule has 0 saturated heterocycles. The third-order valence-corrected chi connectivity index (χ3v) is 3.35. The van der Waals surface area contributed by atoms with Crippen LogP contribution in [0.1, 0.15) is 23.4 Å². The summed E-state index contributed by atoms with van der Waals surface area (Å²) in [6.07, 6.45) is 1.18. The van der Waals surface area contributed by atoms with E-state index in [0.29, 0.717) is 19.4 Å². The fourth-order valence-electron chi connectivity index (χ4n) is 2.21. The largest absolute Gasteiger partial charge is 0.399 e. The third kappa shape index (κ3) is 4.60. The van der Waals surface area contributed by atoms with E-state index in [0.717, 1.165) is 22.6 Å². The van der Waals surface area contributed by atoms with E-state index in [4.69, 9.17) is 5.73 Å². The minimum absolute atomic E-state index is 0.112. The lowest BCUT2D eigenvalue weighted by Gasteiger charge is -2.17. The van der Waals surface area contributed by atoms with E-state index in [-0.39, 0.29) is 5.91 Å². The number of nitrogens with two attached hydrogens (primary N) is 1. The van der Waals surface area contributed by atoms with Gasteiger partial charge in [0.2, 0.25) is 5.91 Å². The predicted octanol–water partition coefficient (Wildman–Crippen LogP) is 2.56. The van der Waals surface area contributed by atoms with Crippen molar-refractivity contribution in [3.8, 4) is 0 Å². The Morgan fingerprint density at radius 3 is 2.71 bits per heavy atom. The van der Waals surface area contributed by atoms with Crippen molar-refractivity contribution in [2.45, 2.75) is 26.3 Å². The van der Waals surface area contributed by atoms with Crippen molar-refractivity contribution in [2.24, 2.45) is 0 Å². The van der Waals surface area contributed by atoms with E-state index in [1.807, 2.05) is 56.4 Å². The first-order valence-corrected chi connectivity index (χ1v) is 7.05. The van der Waals surface area contributed by atoms with Crippen molar-refractivity contribution in [3.05, 3.63) is 59.4 Å². The number of carbonyl (C=O) groups excluding carboxylic acids is 1. The summed E-state index contributed by atoms with van der Waals surface area (Å²) in [5.74, 6) is 0.112. The number of nitrogen functional groups attached to an aromatic ring is 1. The molecule has 0 spiro atoms. The van der Waals surface area contributed by atoms with E-state index in [1.54, 1.807) is 4.90 Å². The van der Waals surface area contributed by atoms with Crippen LogP contribution < -0.4 is 5.73 Å². The molecule has 0 aliphatic carbocycles. The highest BCUT2D eigenvalue weighted by Gasteiger charge is 2.10. The maximum atomic E-state index is 12.2. The number of hydrogen-bond donors (Lipinski definition) is 1. The molecular formula is C17H21N3O. The average molecular weight is 283 g/mol. The maximum absolute atomic E-state index is 12.2. The number of benzene rings is 1. The van der Waals surface area contributed by atoms with Gasteiger partial charge in [0.25, 0.3) is 0 Å². The molecule has 0 fully saturated rings.